The smallest absolute Gasteiger partial charge is 0.341 e. The number of esters is 1. The van der Waals surface area contributed by atoms with Crippen LogP contribution in [0.25, 0.3) is 0 Å². The van der Waals surface area contributed by atoms with Crippen molar-refractivity contribution in [3.63, 3.8) is 0 Å². The van der Waals surface area contributed by atoms with Gasteiger partial charge in [-0.3, -0.25) is 14.9 Å². The van der Waals surface area contributed by atoms with E-state index in [0.717, 1.165) is 42.5 Å². The number of fused-ring (bicyclic) bond motifs is 1. The Bertz CT molecular complexity index is 1280. The topological polar surface area (TPSA) is 110 Å². The Morgan fingerprint density at radius 2 is 1.94 bits per heavy atom. The third kappa shape index (κ3) is 6.44. The van der Waals surface area contributed by atoms with Crippen LogP contribution in [0.15, 0.2) is 28.6 Å². The first-order chi connectivity index (χ1) is 17.4. The number of carbonyl (C=O) groups excluding carboxylic acids is 3. The molecule has 8 nitrogen and oxygen atoms in total. The molecule has 2 N–H and O–H groups in total. The standard InChI is InChI=1S/C24H25ClN4O4S3/c1-3-33-22(32)18-16-10-5-4-6-11-17(16)35-21(18)26-19(30)13(2)34-24-29-28-23(36-24)27-20(31)14-8-7-9-15(25)12-14/h7-9,12-13H,3-6,10-11H2,1-2H3,(H,26,30)(H,27,28,31). The van der Waals surface area contributed by atoms with Gasteiger partial charge in [0.2, 0.25) is 11.0 Å². The number of thiophene rings is 1. The van der Waals surface area contributed by atoms with Gasteiger partial charge in [-0.15, -0.1) is 21.5 Å². The number of carbonyl (C=O) groups is 3. The molecule has 0 radical (unpaired) electrons. The van der Waals surface area contributed by atoms with Crippen LogP contribution in [0.3, 0.4) is 0 Å². The molecule has 36 heavy (non-hydrogen) atoms. The number of anilines is 2. The third-order valence-electron chi connectivity index (χ3n) is 5.50. The molecule has 12 heteroatoms. The Morgan fingerprint density at radius 3 is 2.72 bits per heavy atom. The zero-order chi connectivity index (χ0) is 25.7. The summed E-state index contributed by atoms with van der Waals surface area (Å²) in [4.78, 5) is 39.3. The maximum Gasteiger partial charge on any atom is 0.341 e. The summed E-state index contributed by atoms with van der Waals surface area (Å²) in [6.45, 7) is 3.80. The lowest BCUT2D eigenvalue weighted by Crippen LogP contribution is -2.23. The monoisotopic (exact) mass is 564 g/mol. The van der Waals surface area contributed by atoms with Crippen LogP contribution >= 0.6 is 46.0 Å². The molecule has 3 aromatic rings. The Kier molecular flexibility index (Phi) is 9.00. The van der Waals surface area contributed by atoms with Crippen LogP contribution in [0.5, 0.6) is 0 Å². The van der Waals surface area contributed by atoms with Gasteiger partial charge in [-0.1, -0.05) is 47.2 Å². The first-order valence-corrected chi connectivity index (χ1v) is 14.4. The molecule has 2 amide bonds. The highest BCUT2D eigenvalue weighted by Gasteiger charge is 2.28. The van der Waals surface area contributed by atoms with Crippen molar-refractivity contribution in [3.8, 4) is 0 Å². The third-order valence-corrected chi connectivity index (χ3v) is 8.96. The van der Waals surface area contributed by atoms with Gasteiger partial charge in [0, 0.05) is 15.5 Å². The van der Waals surface area contributed by atoms with Crippen molar-refractivity contribution in [1.82, 2.24) is 10.2 Å². The largest absolute Gasteiger partial charge is 0.462 e. The maximum atomic E-state index is 13.0. The van der Waals surface area contributed by atoms with E-state index in [1.165, 1.54) is 34.4 Å². The van der Waals surface area contributed by atoms with Crippen molar-refractivity contribution >= 4 is 74.0 Å². The number of aryl methyl sites for hydroxylation is 1. The Hall–Kier alpha value is -2.47. The lowest BCUT2D eigenvalue weighted by molar-refractivity contribution is -0.115. The van der Waals surface area contributed by atoms with Crippen molar-refractivity contribution < 1.29 is 19.1 Å². The highest BCUT2D eigenvalue weighted by Crippen LogP contribution is 2.39. The molecule has 0 saturated heterocycles. The number of rotatable bonds is 8. The van der Waals surface area contributed by atoms with E-state index in [1.54, 1.807) is 38.1 Å². The van der Waals surface area contributed by atoms with Gasteiger partial charge >= 0.3 is 5.97 Å². The van der Waals surface area contributed by atoms with Gasteiger partial charge in [-0.05, 0) is 63.3 Å². The Morgan fingerprint density at radius 1 is 1.14 bits per heavy atom. The van der Waals surface area contributed by atoms with Gasteiger partial charge in [0.15, 0.2) is 4.34 Å². The summed E-state index contributed by atoms with van der Waals surface area (Å²) < 4.78 is 5.83. The Labute approximate surface area is 226 Å². The summed E-state index contributed by atoms with van der Waals surface area (Å²) in [6, 6.07) is 6.60. The minimum atomic E-state index is -0.508. The van der Waals surface area contributed by atoms with Gasteiger partial charge in [0.25, 0.3) is 5.91 Å². The minimum absolute atomic E-state index is 0.248. The van der Waals surface area contributed by atoms with Gasteiger partial charge in [0.1, 0.15) is 5.00 Å². The number of benzene rings is 1. The summed E-state index contributed by atoms with van der Waals surface area (Å²) in [5, 5.41) is 14.5. The van der Waals surface area contributed by atoms with E-state index >= 15 is 0 Å². The van der Waals surface area contributed by atoms with Crippen LogP contribution < -0.4 is 10.6 Å². The fraction of sp³-hybridized carbons (Fsp3) is 0.375. The predicted molar refractivity (Wildman–Crippen MR) is 145 cm³/mol. The summed E-state index contributed by atoms with van der Waals surface area (Å²) in [5.41, 5.74) is 1.91. The molecule has 0 spiro atoms. The number of hydrogen-bond donors (Lipinski definition) is 2. The number of hydrogen-bond acceptors (Lipinski definition) is 9. The molecule has 190 valence electrons. The highest BCUT2D eigenvalue weighted by molar-refractivity contribution is 8.02. The molecule has 1 aromatic carbocycles. The number of aromatic nitrogens is 2. The second-order valence-corrected chi connectivity index (χ2v) is 12.2. The van der Waals surface area contributed by atoms with Crippen LogP contribution in [-0.4, -0.2) is 39.8 Å². The zero-order valence-electron chi connectivity index (χ0n) is 19.8. The number of amides is 2. The zero-order valence-corrected chi connectivity index (χ0v) is 23.0. The summed E-state index contributed by atoms with van der Waals surface area (Å²) in [7, 11) is 0. The summed E-state index contributed by atoms with van der Waals surface area (Å²) >= 11 is 9.82. The molecule has 0 bridgehead atoms. The molecule has 0 aliphatic heterocycles. The molecule has 2 aromatic heterocycles. The molecule has 0 saturated carbocycles. The van der Waals surface area contributed by atoms with E-state index in [-0.39, 0.29) is 18.4 Å². The lowest BCUT2D eigenvalue weighted by atomic mass is 10.1. The van der Waals surface area contributed by atoms with Crippen molar-refractivity contribution in [3.05, 3.63) is 50.9 Å². The molecule has 2 heterocycles. The van der Waals surface area contributed by atoms with Gasteiger partial charge in [-0.2, -0.15) is 0 Å². The van der Waals surface area contributed by atoms with Crippen LogP contribution in [0.1, 0.15) is 64.3 Å². The second kappa shape index (κ2) is 12.2. The molecular formula is C24H25ClN4O4S3. The van der Waals surface area contributed by atoms with Gasteiger partial charge < -0.3 is 10.1 Å². The number of nitrogens with one attached hydrogen (secondary N) is 2. The van der Waals surface area contributed by atoms with Gasteiger partial charge in [-0.25, -0.2) is 4.79 Å². The average Bonchev–Trinajstić information content (AvgIpc) is 3.35. The Balaban J connectivity index is 1.42. The number of thioether (sulfide) groups is 1. The van der Waals surface area contributed by atoms with E-state index in [2.05, 4.69) is 20.8 Å². The maximum absolute atomic E-state index is 13.0. The normalized spacial score (nSPS) is 13.9. The van der Waals surface area contributed by atoms with Gasteiger partial charge in [0.05, 0.1) is 17.4 Å². The van der Waals surface area contributed by atoms with E-state index in [9.17, 15) is 14.4 Å². The fourth-order valence-corrected chi connectivity index (χ4v) is 7.14. The summed E-state index contributed by atoms with van der Waals surface area (Å²) in [6.07, 6.45) is 4.93. The van der Waals surface area contributed by atoms with Crippen LogP contribution in [0.4, 0.5) is 10.1 Å². The van der Waals surface area contributed by atoms with E-state index in [1.807, 2.05) is 0 Å². The SMILES string of the molecule is CCOC(=O)c1c(NC(=O)C(C)Sc2nnc(NC(=O)c3cccc(Cl)c3)s2)sc2c1CCCCC2. The summed E-state index contributed by atoms with van der Waals surface area (Å²) in [5.74, 6) is -0.988. The van der Waals surface area contributed by atoms with Crippen molar-refractivity contribution in [2.75, 3.05) is 17.2 Å². The number of ether oxygens (including phenoxy) is 1. The molecule has 4 rings (SSSR count). The number of nitrogens with zero attached hydrogens (tertiary/aromatic N) is 2. The molecule has 1 aliphatic rings. The van der Waals surface area contributed by atoms with Crippen molar-refractivity contribution in [2.45, 2.75) is 55.5 Å². The fourth-order valence-electron chi connectivity index (χ4n) is 3.78. The minimum Gasteiger partial charge on any atom is -0.462 e. The second-order valence-electron chi connectivity index (χ2n) is 8.08. The van der Waals surface area contributed by atoms with E-state index in [0.29, 0.717) is 30.6 Å². The van der Waals surface area contributed by atoms with E-state index < -0.39 is 11.2 Å². The number of halogens is 1. The molecular weight excluding hydrogens is 540 g/mol. The van der Waals surface area contributed by atoms with Crippen LogP contribution in [0.2, 0.25) is 5.02 Å². The average molecular weight is 565 g/mol. The highest BCUT2D eigenvalue weighted by atomic mass is 35.5. The lowest BCUT2D eigenvalue weighted by Gasteiger charge is -2.11. The quantitative estimate of drug-likeness (QED) is 0.148. The molecule has 1 unspecified atom stereocenters. The molecule has 0 fully saturated rings. The predicted octanol–water partition coefficient (Wildman–Crippen LogP) is 6.07. The van der Waals surface area contributed by atoms with Crippen molar-refractivity contribution in [1.29, 1.82) is 0 Å². The van der Waals surface area contributed by atoms with Crippen LogP contribution in [0, 0.1) is 0 Å². The van der Waals surface area contributed by atoms with Crippen molar-refractivity contribution in [2.24, 2.45) is 0 Å². The van der Waals surface area contributed by atoms with E-state index in [4.69, 9.17) is 16.3 Å². The molecule has 1 aliphatic carbocycles. The molecule has 1 atom stereocenters. The van der Waals surface area contributed by atoms with Crippen LogP contribution in [-0.2, 0) is 22.4 Å². The first kappa shape index (κ1) is 26.6. The first-order valence-electron chi connectivity index (χ1n) is 11.5.